The zero-order chi connectivity index (χ0) is 15.5. The average Bonchev–Trinajstić information content (AvgIpc) is 2.98. The van der Waals surface area contributed by atoms with Crippen LogP contribution < -0.4 is 10.6 Å². The fourth-order valence-corrected chi connectivity index (χ4v) is 2.58. The Morgan fingerprint density at radius 3 is 2.96 bits per heavy atom. The Bertz CT molecular complexity index is 727. The Balaban J connectivity index is 0.00000192. The molecule has 0 unspecified atom stereocenters. The van der Waals surface area contributed by atoms with Crippen molar-refractivity contribution in [2.75, 3.05) is 11.9 Å². The summed E-state index contributed by atoms with van der Waals surface area (Å²) in [6.07, 6.45) is 1.28. The van der Waals surface area contributed by atoms with E-state index >= 15 is 0 Å². The van der Waals surface area contributed by atoms with E-state index in [1.54, 1.807) is 24.3 Å². The molecule has 6 nitrogen and oxygen atoms in total. The maximum absolute atomic E-state index is 12.4. The molecule has 1 aromatic carbocycles. The van der Waals surface area contributed by atoms with Gasteiger partial charge in [0.05, 0.1) is 0 Å². The van der Waals surface area contributed by atoms with Crippen LogP contribution in [0.25, 0.3) is 0 Å². The molecule has 3 N–H and O–H groups in total. The quantitative estimate of drug-likeness (QED) is 0.749. The number of nitrogens with zero attached hydrogens (tertiary/aromatic N) is 1. The molecule has 0 saturated heterocycles. The minimum absolute atomic E-state index is 0. The number of Topliss-reactive ketones (excluding diaryl/α,β-unsaturated/α-hetero) is 1. The number of hydrogen-bond acceptors (Lipinski definition) is 4. The molecule has 23 heavy (non-hydrogen) atoms. The summed E-state index contributed by atoms with van der Waals surface area (Å²) in [5.74, 6) is -0.209. The van der Waals surface area contributed by atoms with Crippen LogP contribution in [0.15, 0.2) is 24.3 Å². The monoisotopic (exact) mass is 334 g/mol. The van der Waals surface area contributed by atoms with Crippen molar-refractivity contribution < 1.29 is 9.59 Å². The number of amides is 1. The van der Waals surface area contributed by atoms with Gasteiger partial charge < -0.3 is 10.6 Å². The van der Waals surface area contributed by atoms with Crippen LogP contribution in [0.4, 0.5) is 5.69 Å². The summed E-state index contributed by atoms with van der Waals surface area (Å²) in [4.78, 5) is 24.1. The van der Waals surface area contributed by atoms with Gasteiger partial charge in [-0.1, -0.05) is 19.1 Å². The number of benzene rings is 1. The lowest BCUT2D eigenvalue weighted by Crippen LogP contribution is -2.25. The van der Waals surface area contributed by atoms with E-state index in [0.29, 0.717) is 29.9 Å². The molecule has 0 spiro atoms. The summed E-state index contributed by atoms with van der Waals surface area (Å²) in [5, 5.41) is 13.1. The number of carbonyl (C=O) groups excluding carboxylic acids is 2. The van der Waals surface area contributed by atoms with Crippen LogP contribution in [0.5, 0.6) is 0 Å². The molecule has 1 aliphatic rings. The zero-order valence-electron chi connectivity index (χ0n) is 12.8. The highest BCUT2D eigenvalue weighted by molar-refractivity contribution is 6.05. The Hall–Kier alpha value is -2.18. The van der Waals surface area contributed by atoms with Gasteiger partial charge in [0.2, 0.25) is 0 Å². The zero-order valence-corrected chi connectivity index (χ0v) is 13.6. The number of ketones is 1. The van der Waals surface area contributed by atoms with Gasteiger partial charge in [0, 0.05) is 48.4 Å². The van der Waals surface area contributed by atoms with E-state index in [4.69, 9.17) is 0 Å². The van der Waals surface area contributed by atoms with E-state index in [-0.39, 0.29) is 24.1 Å². The number of hydrogen-bond donors (Lipinski definition) is 3. The van der Waals surface area contributed by atoms with Gasteiger partial charge in [-0.15, -0.1) is 12.4 Å². The predicted octanol–water partition coefficient (Wildman–Crippen LogP) is 2.32. The van der Waals surface area contributed by atoms with E-state index in [2.05, 4.69) is 20.8 Å². The normalized spacial score (nSPS) is 12.9. The number of fused-ring (bicyclic) bond motifs is 1. The molecule has 2 aromatic rings. The summed E-state index contributed by atoms with van der Waals surface area (Å²) < 4.78 is 0. The number of halogens is 1. The Kier molecular flexibility index (Phi) is 5.52. The van der Waals surface area contributed by atoms with Crippen molar-refractivity contribution in [1.82, 2.24) is 15.5 Å². The van der Waals surface area contributed by atoms with Crippen LogP contribution in [0.3, 0.4) is 0 Å². The van der Waals surface area contributed by atoms with E-state index in [9.17, 15) is 9.59 Å². The minimum atomic E-state index is -0.262. The SMILES string of the molecule is CCC(=O)c1cccc(NC(=O)c2n[nH]c3c2CNCC3)c1.Cl. The number of aromatic nitrogens is 2. The fourth-order valence-electron chi connectivity index (χ4n) is 2.58. The van der Waals surface area contributed by atoms with Crippen LogP contribution in [-0.4, -0.2) is 28.4 Å². The lowest BCUT2D eigenvalue weighted by Gasteiger charge is -2.13. The molecule has 0 aliphatic carbocycles. The average molecular weight is 335 g/mol. The summed E-state index contributed by atoms with van der Waals surface area (Å²) in [5.41, 5.74) is 3.55. The van der Waals surface area contributed by atoms with Crippen molar-refractivity contribution in [3.8, 4) is 0 Å². The van der Waals surface area contributed by atoms with Crippen molar-refractivity contribution in [3.63, 3.8) is 0 Å². The first kappa shape index (κ1) is 17.2. The number of carbonyl (C=O) groups is 2. The van der Waals surface area contributed by atoms with Crippen LogP contribution in [0.2, 0.25) is 0 Å². The van der Waals surface area contributed by atoms with Gasteiger partial charge in [0.1, 0.15) is 0 Å². The standard InChI is InChI=1S/C16H18N4O2.ClH/c1-2-14(21)10-4-3-5-11(8-10)18-16(22)15-12-9-17-7-6-13(12)19-20-15;/h3-5,8,17H,2,6-7,9H2,1H3,(H,18,22)(H,19,20);1H. The number of nitrogens with one attached hydrogen (secondary N) is 3. The molecule has 0 bridgehead atoms. The van der Waals surface area contributed by atoms with Gasteiger partial charge in [-0.3, -0.25) is 14.7 Å². The molecule has 0 radical (unpaired) electrons. The van der Waals surface area contributed by atoms with Gasteiger partial charge in [-0.2, -0.15) is 5.10 Å². The van der Waals surface area contributed by atoms with E-state index in [0.717, 1.165) is 24.2 Å². The molecule has 0 saturated carbocycles. The molecule has 1 amide bonds. The number of rotatable bonds is 4. The third kappa shape index (κ3) is 3.60. The Morgan fingerprint density at radius 2 is 2.17 bits per heavy atom. The lowest BCUT2D eigenvalue weighted by molar-refractivity contribution is 0.0985. The van der Waals surface area contributed by atoms with Crippen LogP contribution in [-0.2, 0) is 13.0 Å². The topological polar surface area (TPSA) is 86.9 Å². The van der Waals surface area contributed by atoms with Crippen molar-refractivity contribution >= 4 is 29.8 Å². The highest BCUT2D eigenvalue weighted by Crippen LogP contribution is 2.18. The van der Waals surface area contributed by atoms with Crippen molar-refractivity contribution in [2.24, 2.45) is 0 Å². The third-order valence-electron chi connectivity index (χ3n) is 3.78. The van der Waals surface area contributed by atoms with Gasteiger partial charge >= 0.3 is 0 Å². The molecule has 1 aliphatic heterocycles. The summed E-state index contributed by atoms with van der Waals surface area (Å²) in [7, 11) is 0. The maximum Gasteiger partial charge on any atom is 0.276 e. The molecule has 122 valence electrons. The molecule has 3 rings (SSSR count). The highest BCUT2D eigenvalue weighted by Gasteiger charge is 2.21. The van der Waals surface area contributed by atoms with Crippen molar-refractivity contribution in [3.05, 3.63) is 46.8 Å². The number of anilines is 1. The van der Waals surface area contributed by atoms with Crippen molar-refractivity contribution in [1.29, 1.82) is 0 Å². The second-order valence-corrected chi connectivity index (χ2v) is 5.27. The van der Waals surface area contributed by atoms with Crippen molar-refractivity contribution in [2.45, 2.75) is 26.3 Å². The van der Waals surface area contributed by atoms with Gasteiger partial charge in [-0.25, -0.2) is 0 Å². The Labute approximate surface area is 140 Å². The summed E-state index contributed by atoms with van der Waals surface area (Å²) in [6.45, 7) is 3.34. The van der Waals surface area contributed by atoms with Gasteiger partial charge in [-0.05, 0) is 12.1 Å². The van der Waals surface area contributed by atoms with Gasteiger partial charge in [0.25, 0.3) is 5.91 Å². The number of aromatic amines is 1. The first-order valence-electron chi connectivity index (χ1n) is 7.40. The summed E-state index contributed by atoms with van der Waals surface area (Å²) in [6, 6.07) is 6.98. The second-order valence-electron chi connectivity index (χ2n) is 5.27. The molecule has 2 heterocycles. The molecule has 0 fully saturated rings. The van der Waals surface area contributed by atoms with E-state index in [1.165, 1.54) is 0 Å². The van der Waals surface area contributed by atoms with Crippen LogP contribution in [0.1, 0.15) is 45.4 Å². The molecule has 1 aromatic heterocycles. The molecule has 7 heteroatoms. The first-order chi connectivity index (χ1) is 10.7. The highest BCUT2D eigenvalue weighted by atomic mass is 35.5. The smallest absolute Gasteiger partial charge is 0.276 e. The first-order valence-corrected chi connectivity index (χ1v) is 7.40. The second kappa shape index (κ2) is 7.39. The number of H-pyrrole nitrogens is 1. The van der Waals surface area contributed by atoms with E-state index in [1.807, 2.05) is 6.92 Å². The molecular weight excluding hydrogens is 316 g/mol. The largest absolute Gasteiger partial charge is 0.321 e. The maximum atomic E-state index is 12.4. The van der Waals surface area contributed by atoms with Crippen LogP contribution >= 0.6 is 12.4 Å². The van der Waals surface area contributed by atoms with Gasteiger partial charge in [0.15, 0.2) is 11.5 Å². The molecule has 0 atom stereocenters. The lowest BCUT2D eigenvalue weighted by atomic mass is 10.1. The van der Waals surface area contributed by atoms with Crippen LogP contribution in [0, 0.1) is 0 Å². The predicted molar refractivity (Wildman–Crippen MR) is 90.3 cm³/mol. The molecular formula is C16H19ClN4O2. The fraction of sp³-hybridized carbons (Fsp3) is 0.312. The minimum Gasteiger partial charge on any atom is -0.321 e. The van der Waals surface area contributed by atoms with E-state index < -0.39 is 0 Å². The third-order valence-corrected chi connectivity index (χ3v) is 3.78. The summed E-state index contributed by atoms with van der Waals surface area (Å²) >= 11 is 0. The Morgan fingerprint density at radius 1 is 1.35 bits per heavy atom.